The first-order valence-corrected chi connectivity index (χ1v) is 11.2. The zero-order valence-corrected chi connectivity index (χ0v) is 18.7. The van der Waals surface area contributed by atoms with E-state index in [9.17, 15) is 13.6 Å². The maximum Gasteiger partial charge on any atom is 0.323 e. The number of anilines is 2. The number of imidazole rings is 1. The highest BCUT2D eigenvalue weighted by atomic mass is 19.1. The highest BCUT2D eigenvalue weighted by molar-refractivity contribution is 5.89. The number of nitrogens with one attached hydrogen (secondary N) is 2. The van der Waals surface area contributed by atoms with Crippen LogP contribution < -0.4 is 15.5 Å². The smallest absolute Gasteiger partial charge is 0.323 e. The lowest BCUT2D eigenvalue weighted by atomic mass is 10.0. The average Bonchev–Trinajstić information content (AvgIpc) is 3.42. The number of carbonyl (C=O) groups excluding carboxylic acids is 1. The van der Waals surface area contributed by atoms with E-state index in [0.29, 0.717) is 48.9 Å². The van der Waals surface area contributed by atoms with Crippen molar-refractivity contribution < 1.29 is 13.6 Å². The van der Waals surface area contributed by atoms with Crippen LogP contribution in [0.5, 0.6) is 0 Å². The number of amides is 2. The van der Waals surface area contributed by atoms with Crippen molar-refractivity contribution in [3.05, 3.63) is 53.7 Å². The molecular weight excluding hydrogens is 428 g/mol. The topological polar surface area (TPSA) is 77.8 Å². The second-order valence-corrected chi connectivity index (χ2v) is 9.28. The normalized spacial score (nSPS) is 20.4. The van der Waals surface area contributed by atoms with Gasteiger partial charge in [0, 0.05) is 37.3 Å². The van der Waals surface area contributed by atoms with Crippen LogP contribution in [0, 0.1) is 11.6 Å². The van der Waals surface area contributed by atoms with Crippen LogP contribution in [0.25, 0.3) is 5.65 Å². The quantitative estimate of drug-likeness (QED) is 0.632. The van der Waals surface area contributed by atoms with Crippen LogP contribution >= 0.6 is 0 Å². The van der Waals surface area contributed by atoms with Gasteiger partial charge in [-0.25, -0.2) is 18.6 Å². The fourth-order valence-electron chi connectivity index (χ4n) is 4.74. The predicted octanol–water partition coefficient (Wildman–Crippen LogP) is 3.56. The van der Waals surface area contributed by atoms with E-state index in [0.717, 1.165) is 19.0 Å². The Hall–Kier alpha value is -3.27. The Morgan fingerprint density at radius 3 is 2.88 bits per heavy atom. The standard InChI is InChI=1S/C23H27F2N7O/c1-23(2)14-30(11-9-27-23)22(33)28-21-13-26-19-7-8-20(29-32(19)21)31-10-3-4-18(31)16-12-15(24)5-6-17(16)25/h5-8,12-13,18,27H,3-4,9-11,14H2,1-2H3,(H,28,33). The van der Waals surface area contributed by atoms with Crippen LogP contribution in [0.1, 0.15) is 38.3 Å². The zero-order chi connectivity index (χ0) is 23.2. The summed E-state index contributed by atoms with van der Waals surface area (Å²) < 4.78 is 29.9. The van der Waals surface area contributed by atoms with Gasteiger partial charge in [0.15, 0.2) is 11.5 Å². The van der Waals surface area contributed by atoms with Gasteiger partial charge >= 0.3 is 6.03 Å². The highest BCUT2D eigenvalue weighted by Crippen LogP contribution is 2.36. The molecule has 10 heteroatoms. The van der Waals surface area contributed by atoms with Crippen molar-refractivity contribution in [2.75, 3.05) is 36.4 Å². The average molecular weight is 456 g/mol. The van der Waals surface area contributed by atoms with Gasteiger partial charge in [0.25, 0.3) is 0 Å². The van der Waals surface area contributed by atoms with Gasteiger partial charge in [-0.05, 0) is 57.0 Å². The second kappa shape index (κ2) is 8.26. The maximum absolute atomic E-state index is 14.5. The Balaban J connectivity index is 1.41. The fourth-order valence-corrected chi connectivity index (χ4v) is 4.74. The van der Waals surface area contributed by atoms with Gasteiger partial charge in [0.05, 0.1) is 12.2 Å². The number of carbonyl (C=O) groups is 1. The molecule has 4 heterocycles. The summed E-state index contributed by atoms with van der Waals surface area (Å²) in [5, 5.41) is 11.0. The lowest BCUT2D eigenvalue weighted by Crippen LogP contribution is -2.59. The molecule has 0 radical (unpaired) electrons. The van der Waals surface area contributed by atoms with Gasteiger partial charge < -0.3 is 15.1 Å². The van der Waals surface area contributed by atoms with Crippen LogP contribution in [0.4, 0.5) is 25.2 Å². The molecule has 8 nitrogen and oxygen atoms in total. The number of hydrogen-bond acceptors (Lipinski definition) is 5. The molecule has 2 fully saturated rings. The number of urea groups is 1. The van der Waals surface area contributed by atoms with E-state index < -0.39 is 11.6 Å². The third kappa shape index (κ3) is 4.22. The van der Waals surface area contributed by atoms with Crippen molar-refractivity contribution in [3.8, 4) is 0 Å². The van der Waals surface area contributed by atoms with E-state index in [2.05, 4.69) is 29.5 Å². The number of aromatic nitrogens is 3. The number of rotatable bonds is 3. The number of hydrogen-bond donors (Lipinski definition) is 2. The van der Waals surface area contributed by atoms with Gasteiger partial charge in [-0.15, -0.1) is 5.10 Å². The molecule has 1 atom stereocenters. The molecule has 2 amide bonds. The van der Waals surface area contributed by atoms with Crippen molar-refractivity contribution in [2.24, 2.45) is 0 Å². The lowest BCUT2D eigenvalue weighted by molar-refractivity contribution is 0.165. The first kappa shape index (κ1) is 21.6. The minimum absolute atomic E-state index is 0.155. The number of halogens is 2. The van der Waals surface area contributed by atoms with Crippen LogP contribution in [-0.2, 0) is 0 Å². The van der Waals surface area contributed by atoms with Crippen LogP contribution in [0.3, 0.4) is 0 Å². The number of piperazine rings is 1. The summed E-state index contributed by atoms with van der Waals surface area (Å²) in [6.45, 7) is 6.71. The molecule has 1 unspecified atom stereocenters. The van der Waals surface area contributed by atoms with Gasteiger partial charge in [-0.3, -0.25) is 5.32 Å². The van der Waals surface area contributed by atoms with Crippen molar-refractivity contribution in [3.63, 3.8) is 0 Å². The Morgan fingerprint density at radius 2 is 2.06 bits per heavy atom. The van der Waals surface area contributed by atoms with E-state index in [1.165, 1.54) is 12.1 Å². The van der Waals surface area contributed by atoms with Crippen molar-refractivity contribution in [2.45, 2.75) is 38.3 Å². The molecule has 1 aromatic carbocycles. The molecule has 2 aliphatic heterocycles. The minimum atomic E-state index is -0.461. The molecule has 3 aromatic rings. The predicted molar refractivity (Wildman–Crippen MR) is 121 cm³/mol. The molecule has 0 aliphatic carbocycles. The largest absolute Gasteiger partial charge is 0.348 e. The van der Waals surface area contributed by atoms with Crippen LogP contribution in [0.2, 0.25) is 0 Å². The molecule has 2 aromatic heterocycles. The molecule has 174 valence electrons. The monoisotopic (exact) mass is 455 g/mol. The summed E-state index contributed by atoms with van der Waals surface area (Å²) in [6.07, 6.45) is 3.12. The van der Waals surface area contributed by atoms with E-state index in [4.69, 9.17) is 5.10 Å². The second-order valence-electron chi connectivity index (χ2n) is 9.28. The van der Waals surface area contributed by atoms with Crippen LogP contribution in [-0.4, -0.2) is 57.2 Å². The molecule has 33 heavy (non-hydrogen) atoms. The molecule has 0 spiro atoms. The summed E-state index contributed by atoms with van der Waals surface area (Å²) in [5.41, 5.74) is 0.759. The van der Waals surface area contributed by atoms with Crippen molar-refractivity contribution in [1.82, 2.24) is 24.8 Å². The highest BCUT2D eigenvalue weighted by Gasteiger charge is 2.31. The number of benzene rings is 1. The maximum atomic E-state index is 14.5. The lowest BCUT2D eigenvalue weighted by Gasteiger charge is -2.38. The molecule has 0 bridgehead atoms. The van der Waals surface area contributed by atoms with E-state index in [1.54, 1.807) is 15.6 Å². The van der Waals surface area contributed by atoms with E-state index in [-0.39, 0.29) is 17.6 Å². The minimum Gasteiger partial charge on any atom is -0.348 e. The van der Waals surface area contributed by atoms with Crippen molar-refractivity contribution in [1.29, 1.82) is 0 Å². The first-order valence-electron chi connectivity index (χ1n) is 11.2. The summed E-state index contributed by atoms with van der Waals surface area (Å²) in [7, 11) is 0. The Labute approximate surface area is 190 Å². The summed E-state index contributed by atoms with van der Waals surface area (Å²) >= 11 is 0. The molecule has 5 rings (SSSR count). The fraction of sp³-hybridized carbons (Fsp3) is 0.435. The third-order valence-electron chi connectivity index (χ3n) is 6.31. The molecule has 0 saturated carbocycles. The number of nitrogens with zero attached hydrogens (tertiary/aromatic N) is 5. The van der Waals surface area contributed by atoms with Gasteiger partial charge in [-0.1, -0.05) is 0 Å². The molecule has 2 N–H and O–H groups in total. The Morgan fingerprint density at radius 1 is 1.21 bits per heavy atom. The van der Waals surface area contributed by atoms with Gasteiger partial charge in [0.2, 0.25) is 0 Å². The SMILES string of the molecule is CC1(C)CN(C(=O)Nc2cnc3ccc(N4CCCC4c4cc(F)ccc4F)nn23)CCN1. The molecular formula is C23H27F2N7O. The number of fused-ring (bicyclic) bond motifs is 1. The summed E-state index contributed by atoms with van der Waals surface area (Å²) in [4.78, 5) is 21.0. The van der Waals surface area contributed by atoms with Gasteiger partial charge in [0.1, 0.15) is 17.5 Å². The summed E-state index contributed by atoms with van der Waals surface area (Å²) in [6, 6.07) is 6.66. The summed E-state index contributed by atoms with van der Waals surface area (Å²) in [5.74, 6) is 0.188. The van der Waals surface area contributed by atoms with Crippen LogP contribution in [0.15, 0.2) is 36.5 Å². The zero-order valence-electron chi connectivity index (χ0n) is 18.7. The Bertz CT molecular complexity index is 1190. The van der Waals surface area contributed by atoms with E-state index >= 15 is 0 Å². The molecule has 2 aliphatic rings. The third-order valence-corrected chi connectivity index (χ3v) is 6.31. The first-order chi connectivity index (χ1) is 15.8. The molecule has 2 saturated heterocycles. The van der Waals surface area contributed by atoms with Crippen molar-refractivity contribution >= 4 is 23.3 Å². The van der Waals surface area contributed by atoms with E-state index in [1.807, 2.05) is 17.0 Å². The Kier molecular flexibility index (Phi) is 5.40. The van der Waals surface area contributed by atoms with Gasteiger partial charge in [-0.2, -0.15) is 4.52 Å².